The third-order valence-corrected chi connectivity index (χ3v) is 4.16. The lowest BCUT2D eigenvalue weighted by molar-refractivity contribution is -0.119. The van der Waals surface area contributed by atoms with E-state index in [1.807, 2.05) is 20.8 Å². The van der Waals surface area contributed by atoms with Crippen LogP contribution in [0.2, 0.25) is 10.0 Å². The first-order valence-corrected chi connectivity index (χ1v) is 8.54. The van der Waals surface area contributed by atoms with Gasteiger partial charge in [-0.1, -0.05) is 30.1 Å². The summed E-state index contributed by atoms with van der Waals surface area (Å²) in [6.45, 7) is 7.71. The molecule has 0 aliphatic rings. The van der Waals surface area contributed by atoms with Gasteiger partial charge in [-0.25, -0.2) is 4.68 Å². The molecule has 0 fully saturated rings. The predicted octanol–water partition coefficient (Wildman–Crippen LogP) is 4.71. The Morgan fingerprint density at radius 3 is 2.29 bits per heavy atom. The molecule has 0 saturated carbocycles. The largest absolute Gasteiger partial charge is 0.439 e. The number of halogens is 2. The lowest BCUT2D eigenvalue weighted by Gasteiger charge is -2.13. The molecule has 1 atom stereocenters. The molecule has 0 saturated heterocycles. The molecule has 1 heterocycles. The normalized spacial score (nSPS) is 12.5. The number of ether oxygens (including phenoxy) is 1. The number of carbonyl (C=O) groups excluding carboxylic acids is 1. The molecule has 0 radical (unpaired) electrons. The van der Waals surface area contributed by atoms with Crippen LogP contribution in [-0.2, 0) is 11.2 Å². The van der Waals surface area contributed by atoms with Crippen LogP contribution in [0.3, 0.4) is 0 Å². The van der Waals surface area contributed by atoms with Crippen LogP contribution in [0.1, 0.15) is 50.9 Å². The van der Waals surface area contributed by atoms with E-state index in [4.69, 9.17) is 33.7 Å². The van der Waals surface area contributed by atoms with Gasteiger partial charge >= 0.3 is 0 Å². The van der Waals surface area contributed by atoms with Gasteiger partial charge in [-0.2, -0.15) is 5.10 Å². The Hall–Kier alpha value is -1.72. The maximum atomic E-state index is 11.6. The summed E-state index contributed by atoms with van der Waals surface area (Å²) in [5, 5.41) is 5.53. The highest BCUT2D eigenvalue weighted by atomic mass is 35.5. The predicted molar refractivity (Wildman–Crippen MR) is 96.1 cm³/mol. The Morgan fingerprint density at radius 1 is 1.25 bits per heavy atom. The average Bonchev–Trinajstić information content (AvgIpc) is 2.83. The van der Waals surface area contributed by atoms with E-state index in [2.05, 4.69) is 5.10 Å². The Bertz CT molecular complexity index is 736. The molecule has 0 bridgehead atoms. The Morgan fingerprint density at radius 2 is 1.83 bits per heavy atom. The molecule has 1 unspecified atom stereocenters. The molecule has 0 aliphatic heterocycles. The molecule has 24 heavy (non-hydrogen) atoms. The number of hydrogen-bond acceptors (Lipinski definition) is 3. The van der Waals surface area contributed by atoms with Gasteiger partial charge in [0.1, 0.15) is 5.75 Å². The first-order chi connectivity index (χ1) is 11.2. The average molecular weight is 370 g/mol. The molecule has 130 valence electrons. The first-order valence-electron chi connectivity index (χ1n) is 7.79. The molecule has 5 nitrogen and oxygen atoms in total. The highest BCUT2D eigenvalue weighted by Gasteiger charge is 2.26. The second-order valence-corrected chi connectivity index (χ2v) is 6.76. The van der Waals surface area contributed by atoms with Crippen molar-refractivity contribution in [3.63, 3.8) is 0 Å². The van der Waals surface area contributed by atoms with E-state index >= 15 is 0 Å². The van der Waals surface area contributed by atoms with Crippen LogP contribution in [0, 0.1) is 0 Å². The number of aromatic nitrogens is 2. The minimum atomic E-state index is -0.495. The summed E-state index contributed by atoms with van der Waals surface area (Å²) < 4.78 is 7.80. The van der Waals surface area contributed by atoms with Gasteiger partial charge in [-0.05, 0) is 45.4 Å². The molecule has 0 aliphatic carbocycles. The topological polar surface area (TPSA) is 70.1 Å². The van der Waals surface area contributed by atoms with Crippen molar-refractivity contribution in [1.29, 1.82) is 0 Å². The van der Waals surface area contributed by atoms with Crippen molar-refractivity contribution >= 4 is 29.1 Å². The lowest BCUT2D eigenvalue weighted by Crippen LogP contribution is -2.20. The van der Waals surface area contributed by atoms with E-state index in [0.717, 1.165) is 5.56 Å². The summed E-state index contributed by atoms with van der Waals surface area (Å²) in [7, 11) is 0. The fourth-order valence-corrected chi connectivity index (χ4v) is 2.95. The van der Waals surface area contributed by atoms with Crippen LogP contribution in [0.4, 0.5) is 0 Å². The van der Waals surface area contributed by atoms with Crippen molar-refractivity contribution in [1.82, 2.24) is 9.78 Å². The number of carbonyl (C=O) groups is 1. The van der Waals surface area contributed by atoms with E-state index in [-0.39, 0.29) is 6.04 Å². The molecule has 2 aromatic rings. The highest BCUT2D eigenvalue weighted by Crippen LogP contribution is 2.35. The molecular formula is C17H21Cl2N3O2. The number of hydrogen-bond donors (Lipinski definition) is 1. The second kappa shape index (κ2) is 7.45. The van der Waals surface area contributed by atoms with Crippen molar-refractivity contribution in [2.75, 3.05) is 0 Å². The standard InChI is InChI=1S/C17H21Cl2N3O2/c1-5-14-15(10(4)16(20)23)21-22(9(2)3)17(14)24-13-7-11(18)6-12(19)8-13/h6-10H,5H2,1-4H3,(H2,20,23). The van der Waals surface area contributed by atoms with E-state index in [0.29, 0.717) is 33.8 Å². The van der Waals surface area contributed by atoms with Crippen molar-refractivity contribution in [3.05, 3.63) is 39.5 Å². The van der Waals surface area contributed by atoms with Crippen molar-refractivity contribution in [2.45, 2.75) is 46.1 Å². The molecule has 1 aromatic heterocycles. The van der Waals surface area contributed by atoms with E-state index in [1.54, 1.807) is 29.8 Å². The maximum Gasteiger partial charge on any atom is 0.226 e. The number of amides is 1. The fraction of sp³-hybridized carbons (Fsp3) is 0.412. The third-order valence-electron chi connectivity index (χ3n) is 3.72. The van der Waals surface area contributed by atoms with Crippen LogP contribution >= 0.6 is 23.2 Å². The number of primary amides is 1. The van der Waals surface area contributed by atoms with Gasteiger partial charge in [0.25, 0.3) is 0 Å². The summed E-state index contributed by atoms with van der Waals surface area (Å²) in [6, 6.07) is 5.05. The number of nitrogens with two attached hydrogens (primary N) is 1. The summed E-state index contributed by atoms with van der Waals surface area (Å²) in [5.41, 5.74) is 6.95. The molecule has 1 aromatic carbocycles. The van der Waals surface area contributed by atoms with Gasteiger partial charge in [-0.15, -0.1) is 0 Å². The molecule has 7 heteroatoms. The van der Waals surface area contributed by atoms with Gasteiger partial charge in [0.2, 0.25) is 11.8 Å². The van der Waals surface area contributed by atoms with Gasteiger partial charge in [0.05, 0.1) is 17.7 Å². The maximum absolute atomic E-state index is 11.6. The molecule has 0 spiro atoms. The fourth-order valence-electron chi connectivity index (χ4n) is 2.44. The first kappa shape index (κ1) is 18.6. The summed E-state index contributed by atoms with van der Waals surface area (Å²) in [4.78, 5) is 11.6. The van der Waals surface area contributed by atoms with Crippen molar-refractivity contribution < 1.29 is 9.53 Å². The van der Waals surface area contributed by atoms with Crippen LogP contribution in [-0.4, -0.2) is 15.7 Å². The van der Waals surface area contributed by atoms with Gasteiger partial charge in [0, 0.05) is 15.6 Å². The Kier molecular flexibility index (Phi) is 5.78. The Labute approximate surface area is 151 Å². The zero-order chi connectivity index (χ0) is 18.0. The third kappa shape index (κ3) is 3.84. The van der Waals surface area contributed by atoms with Crippen LogP contribution < -0.4 is 10.5 Å². The highest BCUT2D eigenvalue weighted by molar-refractivity contribution is 6.34. The second-order valence-electron chi connectivity index (χ2n) is 5.89. The summed E-state index contributed by atoms with van der Waals surface area (Å²) in [5.74, 6) is 0.178. The molecule has 2 rings (SSSR count). The van der Waals surface area contributed by atoms with Gasteiger partial charge < -0.3 is 10.5 Å². The smallest absolute Gasteiger partial charge is 0.226 e. The lowest BCUT2D eigenvalue weighted by atomic mass is 10.0. The van der Waals surface area contributed by atoms with E-state index in [1.165, 1.54) is 0 Å². The minimum absolute atomic E-state index is 0.0498. The SMILES string of the molecule is CCc1c(C(C)C(N)=O)nn(C(C)C)c1Oc1cc(Cl)cc(Cl)c1. The Balaban J connectivity index is 2.56. The zero-order valence-corrected chi connectivity index (χ0v) is 15.6. The quantitative estimate of drug-likeness (QED) is 0.800. The van der Waals surface area contributed by atoms with Gasteiger partial charge in [0.15, 0.2) is 0 Å². The van der Waals surface area contributed by atoms with Crippen LogP contribution in [0.15, 0.2) is 18.2 Å². The van der Waals surface area contributed by atoms with Gasteiger partial charge in [-0.3, -0.25) is 4.79 Å². The molecule has 1 amide bonds. The van der Waals surface area contributed by atoms with E-state index < -0.39 is 11.8 Å². The number of rotatable bonds is 6. The van der Waals surface area contributed by atoms with Crippen molar-refractivity contribution in [2.24, 2.45) is 5.73 Å². The minimum Gasteiger partial charge on any atom is -0.439 e. The van der Waals surface area contributed by atoms with Crippen LogP contribution in [0.5, 0.6) is 11.6 Å². The summed E-state index contributed by atoms with van der Waals surface area (Å²) in [6.07, 6.45) is 0.656. The van der Waals surface area contributed by atoms with Crippen LogP contribution in [0.25, 0.3) is 0 Å². The number of nitrogens with zero attached hydrogens (tertiary/aromatic N) is 2. The molecule has 2 N–H and O–H groups in total. The van der Waals surface area contributed by atoms with Crippen molar-refractivity contribution in [3.8, 4) is 11.6 Å². The summed E-state index contributed by atoms with van der Waals surface area (Å²) >= 11 is 12.1. The van der Waals surface area contributed by atoms with E-state index in [9.17, 15) is 4.79 Å². The molecular weight excluding hydrogens is 349 g/mol. The zero-order valence-electron chi connectivity index (χ0n) is 14.1. The monoisotopic (exact) mass is 369 g/mol. The number of benzene rings is 1.